The van der Waals surface area contributed by atoms with E-state index >= 15 is 0 Å². The highest BCUT2D eigenvalue weighted by Crippen LogP contribution is 2.33. The number of nitrogens with one attached hydrogen (secondary N) is 2. The molecule has 0 heterocycles. The Bertz CT molecular complexity index is 303. The maximum absolute atomic E-state index is 13.7. The number of ether oxygens (including phenoxy) is 1. The zero-order valence-electron chi connectivity index (χ0n) is 11.3. The van der Waals surface area contributed by atoms with Crippen LogP contribution in [0.3, 0.4) is 0 Å². The van der Waals surface area contributed by atoms with E-state index in [-0.39, 0.29) is 6.42 Å². The molecule has 4 nitrogen and oxygen atoms in total. The van der Waals surface area contributed by atoms with Gasteiger partial charge in [0.15, 0.2) is 0 Å². The van der Waals surface area contributed by atoms with Gasteiger partial charge >= 0.3 is 6.09 Å². The molecule has 1 aliphatic carbocycles. The Labute approximate surface area is 106 Å². The number of rotatable bonds is 2. The molecule has 0 aromatic heterocycles. The normalized spacial score (nSPS) is 27.7. The van der Waals surface area contributed by atoms with Crippen LogP contribution in [-0.2, 0) is 4.74 Å². The van der Waals surface area contributed by atoms with E-state index in [2.05, 4.69) is 10.6 Å². The Hall–Kier alpha value is -0.910. The number of hydrogen-bond acceptors (Lipinski definition) is 3. The lowest BCUT2D eigenvalue weighted by molar-refractivity contribution is -0.0729. The molecule has 6 heteroatoms. The van der Waals surface area contributed by atoms with E-state index in [0.29, 0.717) is 12.8 Å². The van der Waals surface area contributed by atoms with Crippen molar-refractivity contribution in [2.24, 2.45) is 0 Å². The van der Waals surface area contributed by atoms with Gasteiger partial charge < -0.3 is 15.4 Å². The Morgan fingerprint density at radius 3 is 2.50 bits per heavy atom. The Balaban J connectivity index is 2.62. The molecule has 1 aliphatic rings. The minimum atomic E-state index is -2.80. The summed E-state index contributed by atoms with van der Waals surface area (Å²) in [4.78, 5) is 11.6. The monoisotopic (exact) mass is 264 g/mol. The van der Waals surface area contributed by atoms with Crippen molar-refractivity contribution < 1.29 is 18.3 Å². The quantitative estimate of drug-likeness (QED) is 0.804. The number of hydrogen-bond donors (Lipinski definition) is 2. The first kappa shape index (κ1) is 15.1. The molecule has 0 bridgehead atoms. The summed E-state index contributed by atoms with van der Waals surface area (Å²) in [7, 11) is 1.48. The van der Waals surface area contributed by atoms with Crippen molar-refractivity contribution in [1.82, 2.24) is 10.6 Å². The minimum absolute atomic E-state index is 0.148. The predicted molar refractivity (Wildman–Crippen MR) is 64.8 cm³/mol. The van der Waals surface area contributed by atoms with Gasteiger partial charge in [0, 0.05) is 6.42 Å². The van der Waals surface area contributed by atoms with E-state index in [1.165, 1.54) is 7.05 Å². The number of alkyl carbamates (subject to hydrolysis) is 1. The summed E-state index contributed by atoms with van der Waals surface area (Å²) in [5.41, 5.74) is -0.629. The molecule has 0 aromatic rings. The van der Waals surface area contributed by atoms with Crippen LogP contribution in [0.1, 0.15) is 40.0 Å². The van der Waals surface area contributed by atoms with E-state index in [1.54, 1.807) is 20.8 Å². The van der Waals surface area contributed by atoms with Crippen LogP contribution in [0.2, 0.25) is 0 Å². The molecular formula is C12H22F2N2O2. The number of likely N-dealkylation sites (N-methyl/N-ethyl adjacent to an activating group) is 1. The SMILES string of the molecule is CN[C@H]1[C@@H](NC(=O)OC(C)(C)C)CCCC1(F)F. The van der Waals surface area contributed by atoms with Gasteiger partial charge in [-0.05, 0) is 40.7 Å². The molecule has 0 aromatic carbocycles. The lowest BCUT2D eigenvalue weighted by Crippen LogP contribution is -2.60. The number of carbonyl (C=O) groups excluding carboxylic acids is 1. The number of halogens is 2. The van der Waals surface area contributed by atoms with Crippen LogP contribution in [0.5, 0.6) is 0 Å². The number of alkyl halides is 2. The molecular weight excluding hydrogens is 242 g/mol. The van der Waals surface area contributed by atoms with Crippen molar-refractivity contribution in [3.05, 3.63) is 0 Å². The molecule has 0 unspecified atom stereocenters. The molecule has 1 rings (SSSR count). The lowest BCUT2D eigenvalue weighted by atomic mass is 9.87. The highest BCUT2D eigenvalue weighted by molar-refractivity contribution is 5.68. The molecule has 0 radical (unpaired) electrons. The van der Waals surface area contributed by atoms with Crippen LogP contribution in [0, 0.1) is 0 Å². The van der Waals surface area contributed by atoms with E-state index in [4.69, 9.17) is 4.74 Å². The van der Waals surface area contributed by atoms with Gasteiger partial charge in [0.2, 0.25) is 0 Å². The first-order valence-electron chi connectivity index (χ1n) is 6.20. The zero-order valence-corrected chi connectivity index (χ0v) is 11.3. The summed E-state index contributed by atoms with van der Waals surface area (Å²) >= 11 is 0. The average Bonchev–Trinajstić information content (AvgIpc) is 2.13. The van der Waals surface area contributed by atoms with Gasteiger partial charge in [-0.1, -0.05) is 0 Å². The van der Waals surface area contributed by atoms with Gasteiger partial charge in [0.05, 0.1) is 12.1 Å². The summed E-state index contributed by atoms with van der Waals surface area (Å²) in [5.74, 6) is -2.80. The maximum Gasteiger partial charge on any atom is 0.407 e. The van der Waals surface area contributed by atoms with Crippen molar-refractivity contribution in [3.8, 4) is 0 Å². The highest BCUT2D eigenvalue weighted by Gasteiger charge is 2.46. The van der Waals surface area contributed by atoms with Crippen molar-refractivity contribution in [1.29, 1.82) is 0 Å². The molecule has 0 spiro atoms. The van der Waals surface area contributed by atoms with Crippen molar-refractivity contribution in [2.45, 2.75) is 63.6 Å². The van der Waals surface area contributed by atoms with Gasteiger partial charge in [-0.15, -0.1) is 0 Å². The van der Waals surface area contributed by atoms with Crippen LogP contribution in [0.4, 0.5) is 13.6 Å². The first-order chi connectivity index (χ1) is 8.15. The summed E-state index contributed by atoms with van der Waals surface area (Å²) < 4.78 is 32.4. The largest absolute Gasteiger partial charge is 0.444 e. The number of carbonyl (C=O) groups is 1. The summed E-state index contributed by atoms with van der Waals surface area (Å²) in [6, 6.07) is -1.65. The van der Waals surface area contributed by atoms with Gasteiger partial charge in [0.1, 0.15) is 5.60 Å². The van der Waals surface area contributed by atoms with Crippen molar-refractivity contribution in [2.75, 3.05) is 7.05 Å². The second kappa shape index (κ2) is 5.38. The lowest BCUT2D eigenvalue weighted by Gasteiger charge is -2.38. The number of amides is 1. The molecule has 106 valence electrons. The van der Waals surface area contributed by atoms with Crippen LogP contribution in [-0.4, -0.2) is 36.7 Å². The van der Waals surface area contributed by atoms with E-state index in [0.717, 1.165) is 0 Å². The molecule has 18 heavy (non-hydrogen) atoms. The highest BCUT2D eigenvalue weighted by atomic mass is 19.3. The summed E-state index contributed by atoms with van der Waals surface area (Å²) in [5, 5.41) is 5.12. The minimum Gasteiger partial charge on any atom is -0.444 e. The van der Waals surface area contributed by atoms with Crippen molar-refractivity contribution >= 4 is 6.09 Å². The van der Waals surface area contributed by atoms with Crippen LogP contribution < -0.4 is 10.6 Å². The first-order valence-corrected chi connectivity index (χ1v) is 6.20. The Morgan fingerprint density at radius 2 is 2.00 bits per heavy atom. The fourth-order valence-corrected chi connectivity index (χ4v) is 2.20. The van der Waals surface area contributed by atoms with Crippen molar-refractivity contribution in [3.63, 3.8) is 0 Å². The molecule has 1 saturated carbocycles. The third-order valence-electron chi connectivity index (χ3n) is 2.90. The van der Waals surface area contributed by atoms with E-state index in [1.807, 2.05) is 0 Å². The average molecular weight is 264 g/mol. The third-order valence-corrected chi connectivity index (χ3v) is 2.90. The molecule has 0 aliphatic heterocycles. The smallest absolute Gasteiger partial charge is 0.407 e. The van der Waals surface area contributed by atoms with Crippen LogP contribution in [0.15, 0.2) is 0 Å². The van der Waals surface area contributed by atoms with Crippen LogP contribution >= 0.6 is 0 Å². The molecule has 2 atom stereocenters. The summed E-state index contributed by atoms with van der Waals surface area (Å²) in [6.07, 6.45) is 0.127. The van der Waals surface area contributed by atoms with E-state index in [9.17, 15) is 13.6 Å². The molecule has 1 amide bonds. The second-order valence-corrected chi connectivity index (χ2v) is 5.67. The molecule has 2 N–H and O–H groups in total. The van der Waals surface area contributed by atoms with Crippen LogP contribution in [0.25, 0.3) is 0 Å². The third kappa shape index (κ3) is 4.08. The maximum atomic E-state index is 13.7. The fraction of sp³-hybridized carbons (Fsp3) is 0.917. The van der Waals surface area contributed by atoms with Gasteiger partial charge in [0.25, 0.3) is 5.92 Å². The molecule has 0 saturated heterocycles. The van der Waals surface area contributed by atoms with Gasteiger partial charge in [-0.25, -0.2) is 13.6 Å². The Morgan fingerprint density at radius 1 is 1.39 bits per heavy atom. The predicted octanol–water partition coefficient (Wildman–Crippen LogP) is 2.29. The van der Waals surface area contributed by atoms with Gasteiger partial charge in [-0.2, -0.15) is 0 Å². The summed E-state index contributed by atoms with van der Waals surface area (Å²) in [6.45, 7) is 5.20. The molecule has 1 fully saturated rings. The fourth-order valence-electron chi connectivity index (χ4n) is 2.20. The Kier molecular flexibility index (Phi) is 4.53. The second-order valence-electron chi connectivity index (χ2n) is 5.67. The van der Waals surface area contributed by atoms with E-state index < -0.39 is 29.7 Å². The standard InChI is InChI=1S/C12H22F2N2O2/c1-11(2,3)18-10(17)16-8-6-5-7-12(13,14)9(8)15-4/h8-9,15H,5-7H2,1-4H3,(H,16,17)/t8-,9-/m0/s1. The topological polar surface area (TPSA) is 50.4 Å². The zero-order chi connectivity index (χ0) is 14.0. The van der Waals surface area contributed by atoms with Gasteiger partial charge in [-0.3, -0.25) is 0 Å².